The number of aryl methyl sites for hydroxylation is 1. The molecule has 1 aromatic heterocycles. The van der Waals surface area contributed by atoms with Crippen molar-refractivity contribution in [1.82, 2.24) is 15.1 Å². The predicted octanol–water partition coefficient (Wildman–Crippen LogP) is 1.85. The fraction of sp³-hybridized carbons (Fsp3) is 0.353. The maximum absolute atomic E-state index is 12.9. The first-order valence-corrected chi connectivity index (χ1v) is 7.72. The molecule has 0 bridgehead atoms. The van der Waals surface area contributed by atoms with E-state index in [4.69, 9.17) is 0 Å². The van der Waals surface area contributed by atoms with Gasteiger partial charge in [-0.3, -0.25) is 14.3 Å². The average molecular weight is 333 g/mol. The van der Waals surface area contributed by atoms with Crippen molar-refractivity contribution >= 4 is 11.7 Å². The highest BCUT2D eigenvalue weighted by Gasteiger charge is 2.21. The number of hydrogen-bond donors (Lipinski definition) is 2. The lowest BCUT2D eigenvalue weighted by Crippen LogP contribution is -2.38. The zero-order chi connectivity index (χ0) is 17.7. The fourth-order valence-corrected chi connectivity index (χ4v) is 2.29. The SMILES string of the molecule is CCn1cc(C(=O)C(=O)NC(C)CC(O)c2ccc(F)cc2)cn1. The third kappa shape index (κ3) is 4.48. The Bertz CT molecular complexity index is 712. The van der Waals surface area contributed by atoms with Gasteiger partial charge < -0.3 is 10.4 Å². The van der Waals surface area contributed by atoms with Crippen LogP contribution >= 0.6 is 0 Å². The zero-order valence-corrected chi connectivity index (χ0v) is 13.6. The Morgan fingerprint density at radius 1 is 1.33 bits per heavy atom. The van der Waals surface area contributed by atoms with Crippen LogP contribution in [0.2, 0.25) is 0 Å². The van der Waals surface area contributed by atoms with E-state index in [0.29, 0.717) is 12.1 Å². The van der Waals surface area contributed by atoms with Crippen LogP contribution in [0, 0.1) is 5.82 Å². The van der Waals surface area contributed by atoms with Crippen LogP contribution in [0.3, 0.4) is 0 Å². The van der Waals surface area contributed by atoms with Crippen LogP contribution in [0.25, 0.3) is 0 Å². The fourth-order valence-electron chi connectivity index (χ4n) is 2.29. The van der Waals surface area contributed by atoms with E-state index in [1.807, 2.05) is 6.92 Å². The minimum Gasteiger partial charge on any atom is -0.388 e. The van der Waals surface area contributed by atoms with E-state index in [0.717, 1.165) is 0 Å². The molecular formula is C17H20FN3O3. The van der Waals surface area contributed by atoms with Crippen LogP contribution in [-0.2, 0) is 11.3 Å². The highest BCUT2D eigenvalue weighted by atomic mass is 19.1. The first-order chi connectivity index (χ1) is 11.4. The second-order valence-corrected chi connectivity index (χ2v) is 5.59. The number of carbonyl (C=O) groups is 2. The molecule has 0 aliphatic heterocycles. The van der Waals surface area contributed by atoms with Crippen molar-refractivity contribution in [3.8, 4) is 0 Å². The molecule has 1 amide bonds. The standard InChI is InChI=1S/C17H20FN3O3/c1-3-21-10-13(9-19-21)16(23)17(24)20-11(2)8-15(22)12-4-6-14(18)7-5-12/h4-7,9-11,15,22H,3,8H2,1-2H3,(H,20,24). The van der Waals surface area contributed by atoms with Gasteiger partial charge in [0.15, 0.2) is 0 Å². The smallest absolute Gasteiger partial charge is 0.292 e. The molecule has 1 aromatic carbocycles. The topological polar surface area (TPSA) is 84.2 Å². The molecule has 0 fully saturated rings. The van der Waals surface area contributed by atoms with Gasteiger partial charge in [-0.15, -0.1) is 0 Å². The summed E-state index contributed by atoms with van der Waals surface area (Å²) < 4.78 is 14.4. The molecule has 2 aromatic rings. The molecular weight excluding hydrogens is 313 g/mol. The van der Waals surface area contributed by atoms with Gasteiger partial charge in [-0.25, -0.2) is 4.39 Å². The molecule has 2 atom stereocenters. The zero-order valence-electron chi connectivity index (χ0n) is 13.6. The molecule has 128 valence electrons. The number of ketones is 1. The average Bonchev–Trinajstić information content (AvgIpc) is 3.03. The molecule has 0 radical (unpaired) electrons. The van der Waals surface area contributed by atoms with Gasteiger partial charge in [0.25, 0.3) is 11.7 Å². The Hall–Kier alpha value is -2.54. The Morgan fingerprint density at radius 3 is 2.58 bits per heavy atom. The van der Waals surface area contributed by atoms with E-state index in [2.05, 4.69) is 10.4 Å². The van der Waals surface area contributed by atoms with Crippen molar-refractivity contribution in [2.75, 3.05) is 0 Å². The van der Waals surface area contributed by atoms with Gasteiger partial charge in [0.1, 0.15) is 5.82 Å². The summed E-state index contributed by atoms with van der Waals surface area (Å²) in [6.07, 6.45) is 2.21. The van der Waals surface area contributed by atoms with Gasteiger partial charge in [0.05, 0.1) is 17.9 Å². The Balaban J connectivity index is 1.91. The van der Waals surface area contributed by atoms with Crippen LogP contribution in [0.5, 0.6) is 0 Å². The van der Waals surface area contributed by atoms with Gasteiger partial charge >= 0.3 is 0 Å². The summed E-state index contributed by atoms with van der Waals surface area (Å²) in [5.74, 6) is -1.80. The summed E-state index contributed by atoms with van der Waals surface area (Å²) >= 11 is 0. The number of rotatable bonds is 7. The monoisotopic (exact) mass is 333 g/mol. The minimum atomic E-state index is -0.862. The van der Waals surface area contributed by atoms with E-state index < -0.39 is 23.8 Å². The Kier molecular flexibility index (Phi) is 5.81. The van der Waals surface area contributed by atoms with E-state index >= 15 is 0 Å². The number of nitrogens with zero attached hydrogens (tertiary/aromatic N) is 2. The molecule has 2 unspecified atom stereocenters. The Labute approximate surface area is 139 Å². The quantitative estimate of drug-likeness (QED) is 0.598. The van der Waals surface area contributed by atoms with Crippen molar-refractivity contribution in [1.29, 1.82) is 0 Å². The largest absolute Gasteiger partial charge is 0.388 e. The number of halogens is 1. The van der Waals surface area contributed by atoms with Crippen molar-refractivity contribution in [3.05, 3.63) is 53.6 Å². The normalized spacial score (nSPS) is 13.3. The molecule has 1 heterocycles. The third-order valence-electron chi connectivity index (χ3n) is 3.63. The van der Waals surface area contributed by atoms with Crippen LogP contribution in [0.1, 0.15) is 42.3 Å². The van der Waals surface area contributed by atoms with E-state index in [1.165, 1.54) is 36.7 Å². The number of benzene rings is 1. The summed E-state index contributed by atoms with van der Waals surface area (Å²) in [6, 6.07) is 5.06. The first-order valence-electron chi connectivity index (χ1n) is 7.72. The third-order valence-corrected chi connectivity index (χ3v) is 3.63. The van der Waals surface area contributed by atoms with Gasteiger partial charge in [-0.1, -0.05) is 12.1 Å². The number of aliphatic hydroxyl groups excluding tert-OH is 1. The number of amides is 1. The molecule has 7 heteroatoms. The van der Waals surface area contributed by atoms with Gasteiger partial charge in [-0.2, -0.15) is 5.10 Å². The highest BCUT2D eigenvalue weighted by molar-refractivity contribution is 6.42. The van der Waals surface area contributed by atoms with Crippen molar-refractivity contribution < 1.29 is 19.1 Å². The maximum atomic E-state index is 12.9. The molecule has 0 saturated heterocycles. The molecule has 0 aliphatic carbocycles. The van der Waals surface area contributed by atoms with Crippen LogP contribution in [0.4, 0.5) is 4.39 Å². The molecule has 0 saturated carbocycles. The number of hydrogen-bond acceptors (Lipinski definition) is 4. The van der Waals surface area contributed by atoms with E-state index in [9.17, 15) is 19.1 Å². The van der Waals surface area contributed by atoms with Crippen molar-refractivity contribution in [2.24, 2.45) is 0 Å². The minimum absolute atomic E-state index is 0.207. The molecule has 2 N–H and O–H groups in total. The lowest BCUT2D eigenvalue weighted by molar-refractivity contribution is -0.117. The van der Waals surface area contributed by atoms with Crippen LogP contribution in [0.15, 0.2) is 36.7 Å². The van der Waals surface area contributed by atoms with Crippen LogP contribution in [-0.4, -0.2) is 32.6 Å². The lowest BCUT2D eigenvalue weighted by Gasteiger charge is -2.17. The molecule has 2 rings (SSSR count). The Morgan fingerprint density at radius 2 is 2.00 bits per heavy atom. The van der Waals surface area contributed by atoms with Gasteiger partial charge in [-0.05, 0) is 38.0 Å². The van der Waals surface area contributed by atoms with Gasteiger partial charge in [0, 0.05) is 18.8 Å². The predicted molar refractivity (Wildman–Crippen MR) is 85.8 cm³/mol. The number of aromatic nitrogens is 2. The summed E-state index contributed by atoms with van der Waals surface area (Å²) in [5.41, 5.74) is 0.772. The number of carbonyl (C=O) groups excluding carboxylic acids is 2. The summed E-state index contributed by atoms with van der Waals surface area (Å²) in [6.45, 7) is 4.17. The first kappa shape index (κ1) is 17.8. The van der Waals surface area contributed by atoms with Crippen LogP contribution < -0.4 is 5.32 Å². The molecule has 24 heavy (non-hydrogen) atoms. The van der Waals surface area contributed by atoms with Crippen molar-refractivity contribution in [2.45, 2.75) is 39.0 Å². The molecule has 6 nitrogen and oxygen atoms in total. The van der Waals surface area contributed by atoms with Crippen molar-refractivity contribution in [3.63, 3.8) is 0 Å². The second kappa shape index (κ2) is 7.83. The number of aliphatic hydroxyl groups is 1. The summed E-state index contributed by atoms with van der Waals surface area (Å²) in [7, 11) is 0. The van der Waals surface area contributed by atoms with E-state index in [-0.39, 0.29) is 17.8 Å². The summed E-state index contributed by atoms with van der Waals surface area (Å²) in [5, 5.41) is 16.6. The second-order valence-electron chi connectivity index (χ2n) is 5.59. The van der Waals surface area contributed by atoms with Gasteiger partial charge in [0.2, 0.25) is 0 Å². The highest BCUT2D eigenvalue weighted by Crippen LogP contribution is 2.18. The molecule has 0 spiro atoms. The van der Waals surface area contributed by atoms with E-state index in [1.54, 1.807) is 11.6 Å². The number of Topliss-reactive ketones (excluding diaryl/α,β-unsaturated/α-hetero) is 1. The molecule has 0 aliphatic rings. The lowest BCUT2D eigenvalue weighted by atomic mass is 10.0. The maximum Gasteiger partial charge on any atom is 0.292 e. The summed E-state index contributed by atoms with van der Waals surface area (Å²) in [4.78, 5) is 24.0. The number of nitrogens with one attached hydrogen (secondary N) is 1.